The Bertz CT molecular complexity index is 449. The standard InChI is InChI=1S/C7H5Cl2NO3S/c1-14(12,13)10-4-2-5(8)7(11)6(9)3-4/h2-3H,1H3. The monoisotopic (exact) mass is 253 g/mol. The second kappa shape index (κ2) is 3.84. The minimum Gasteiger partial charge on any atom is -0.287 e. The molecule has 0 radical (unpaired) electrons. The summed E-state index contributed by atoms with van der Waals surface area (Å²) in [5.41, 5.74) is 0.0436. The van der Waals surface area contributed by atoms with E-state index in [1.165, 1.54) is 0 Å². The van der Waals surface area contributed by atoms with E-state index < -0.39 is 15.8 Å². The summed E-state index contributed by atoms with van der Waals surface area (Å²) in [7, 11) is -3.52. The van der Waals surface area contributed by atoms with Crippen molar-refractivity contribution in [2.24, 2.45) is 4.40 Å². The summed E-state index contributed by atoms with van der Waals surface area (Å²) in [5, 5.41) is -0.306. The van der Waals surface area contributed by atoms with E-state index in [1.54, 1.807) is 0 Å². The maximum atomic E-state index is 11.0. The van der Waals surface area contributed by atoms with Crippen LogP contribution in [-0.4, -0.2) is 26.2 Å². The third kappa shape index (κ3) is 2.94. The number of sulfonamides is 1. The van der Waals surface area contributed by atoms with Crippen LogP contribution in [0, 0.1) is 0 Å². The van der Waals surface area contributed by atoms with Crippen molar-refractivity contribution in [1.82, 2.24) is 0 Å². The summed E-state index contributed by atoms with van der Waals surface area (Å²) in [6, 6.07) is 0. The number of carbonyl (C=O) groups is 1. The Labute approximate surface area is 91.0 Å². The van der Waals surface area contributed by atoms with Crippen LogP contribution >= 0.6 is 23.2 Å². The van der Waals surface area contributed by atoms with E-state index in [4.69, 9.17) is 23.2 Å². The first-order valence-corrected chi connectivity index (χ1v) is 5.99. The number of nitrogens with zero attached hydrogens (tertiary/aromatic N) is 1. The molecule has 0 atom stereocenters. The minimum absolute atomic E-state index is 0.0436. The fourth-order valence-electron chi connectivity index (χ4n) is 0.791. The van der Waals surface area contributed by atoms with E-state index in [-0.39, 0.29) is 15.8 Å². The van der Waals surface area contributed by atoms with Crippen LogP contribution in [0.25, 0.3) is 0 Å². The molecule has 0 unspecified atom stereocenters. The molecule has 0 aromatic heterocycles. The van der Waals surface area contributed by atoms with Gasteiger partial charge in [0, 0.05) is 0 Å². The van der Waals surface area contributed by atoms with Crippen molar-refractivity contribution in [3.63, 3.8) is 0 Å². The summed E-state index contributed by atoms with van der Waals surface area (Å²) >= 11 is 11.0. The van der Waals surface area contributed by atoms with Gasteiger partial charge in [-0.3, -0.25) is 4.79 Å². The topological polar surface area (TPSA) is 63.6 Å². The lowest BCUT2D eigenvalue weighted by Gasteiger charge is -2.04. The number of Topliss-reactive ketones (excluding diaryl/α,β-unsaturated/α-hetero) is 1. The molecule has 0 fully saturated rings. The van der Waals surface area contributed by atoms with E-state index in [0.717, 1.165) is 18.4 Å². The summed E-state index contributed by atoms with van der Waals surface area (Å²) in [4.78, 5) is 11.0. The molecule has 1 aliphatic carbocycles. The molecule has 4 nitrogen and oxygen atoms in total. The molecule has 1 aliphatic rings. The Morgan fingerprint density at radius 2 is 1.64 bits per heavy atom. The summed E-state index contributed by atoms with van der Waals surface area (Å²) < 4.78 is 24.9. The van der Waals surface area contributed by atoms with Crippen LogP contribution in [0.1, 0.15) is 0 Å². The molecule has 1 rings (SSSR count). The first kappa shape index (κ1) is 11.4. The number of ketones is 1. The maximum absolute atomic E-state index is 11.0. The van der Waals surface area contributed by atoms with Crippen molar-refractivity contribution in [3.05, 3.63) is 22.2 Å². The van der Waals surface area contributed by atoms with Crippen LogP contribution in [0.3, 0.4) is 0 Å². The van der Waals surface area contributed by atoms with Crippen molar-refractivity contribution < 1.29 is 13.2 Å². The minimum atomic E-state index is -3.52. The zero-order chi connectivity index (χ0) is 10.9. The van der Waals surface area contributed by atoms with Gasteiger partial charge in [0.1, 0.15) is 0 Å². The van der Waals surface area contributed by atoms with Crippen molar-refractivity contribution in [2.45, 2.75) is 0 Å². The molecule has 0 spiro atoms. The SMILES string of the molecule is CS(=O)(=O)N=C1C=C(Cl)C(=O)C(Cl)=C1. The molecule has 0 bridgehead atoms. The van der Waals surface area contributed by atoms with Crippen LogP contribution in [0.5, 0.6) is 0 Å². The Morgan fingerprint density at radius 1 is 1.21 bits per heavy atom. The number of allylic oxidation sites excluding steroid dienone is 4. The quantitative estimate of drug-likeness (QED) is 0.661. The average Bonchev–Trinajstić information content (AvgIpc) is 1.96. The second-order valence-electron chi connectivity index (χ2n) is 2.56. The molecule has 0 saturated heterocycles. The Morgan fingerprint density at radius 3 is 2.00 bits per heavy atom. The zero-order valence-electron chi connectivity index (χ0n) is 6.99. The number of hydrogen-bond acceptors (Lipinski definition) is 3. The lowest BCUT2D eigenvalue weighted by molar-refractivity contribution is -0.111. The van der Waals surface area contributed by atoms with Crippen LogP contribution < -0.4 is 0 Å². The Kier molecular flexibility index (Phi) is 3.14. The molecule has 0 N–H and O–H groups in total. The zero-order valence-corrected chi connectivity index (χ0v) is 9.32. The van der Waals surface area contributed by atoms with Gasteiger partial charge in [-0.15, -0.1) is 0 Å². The summed E-state index contributed by atoms with van der Waals surface area (Å²) in [6.07, 6.45) is 3.23. The highest BCUT2D eigenvalue weighted by Gasteiger charge is 2.18. The predicted molar refractivity (Wildman–Crippen MR) is 55.2 cm³/mol. The number of carbonyl (C=O) groups excluding carboxylic acids is 1. The largest absolute Gasteiger partial charge is 0.287 e. The fourth-order valence-corrected chi connectivity index (χ4v) is 1.75. The number of rotatable bonds is 1. The highest BCUT2D eigenvalue weighted by Crippen LogP contribution is 2.19. The maximum Gasteiger partial charge on any atom is 0.250 e. The van der Waals surface area contributed by atoms with Gasteiger partial charge in [-0.1, -0.05) is 23.2 Å². The van der Waals surface area contributed by atoms with E-state index in [9.17, 15) is 13.2 Å². The lowest BCUT2D eigenvalue weighted by atomic mass is 10.1. The van der Waals surface area contributed by atoms with Crippen molar-refractivity contribution in [1.29, 1.82) is 0 Å². The molecule has 0 aromatic rings. The molecule has 0 aliphatic heterocycles. The molecule has 14 heavy (non-hydrogen) atoms. The van der Waals surface area contributed by atoms with E-state index >= 15 is 0 Å². The van der Waals surface area contributed by atoms with E-state index in [0.29, 0.717) is 0 Å². The van der Waals surface area contributed by atoms with Crippen LogP contribution in [0.2, 0.25) is 0 Å². The van der Waals surface area contributed by atoms with Crippen molar-refractivity contribution in [2.75, 3.05) is 6.26 Å². The van der Waals surface area contributed by atoms with E-state index in [2.05, 4.69) is 4.40 Å². The van der Waals surface area contributed by atoms with Gasteiger partial charge in [-0.25, -0.2) is 8.42 Å². The summed E-state index contributed by atoms with van der Waals surface area (Å²) in [6.45, 7) is 0. The van der Waals surface area contributed by atoms with Gasteiger partial charge in [-0.05, 0) is 12.2 Å². The van der Waals surface area contributed by atoms with Crippen LogP contribution in [0.15, 0.2) is 26.6 Å². The molecule has 76 valence electrons. The molecule has 0 amide bonds. The second-order valence-corrected chi connectivity index (χ2v) is 5.03. The fraction of sp³-hybridized carbons (Fsp3) is 0.143. The van der Waals surface area contributed by atoms with Gasteiger partial charge in [0.05, 0.1) is 22.0 Å². The third-order valence-corrected chi connectivity index (χ3v) is 2.36. The van der Waals surface area contributed by atoms with Crippen LogP contribution in [-0.2, 0) is 14.8 Å². The number of halogens is 2. The lowest BCUT2D eigenvalue weighted by Crippen LogP contribution is -2.09. The van der Waals surface area contributed by atoms with E-state index in [1.807, 2.05) is 0 Å². The molecule has 7 heteroatoms. The predicted octanol–water partition coefficient (Wildman–Crippen LogP) is 1.22. The highest BCUT2D eigenvalue weighted by atomic mass is 35.5. The Hall–Kier alpha value is -0.650. The van der Waals surface area contributed by atoms with Gasteiger partial charge in [0.2, 0.25) is 5.78 Å². The Balaban J connectivity index is 3.20. The summed E-state index contributed by atoms with van der Waals surface area (Å²) in [5.74, 6) is -0.541. The van der Waals surface area contributed by atoms with Gasteiger partial charge in [-0.2, -0.15) is 4.40 Å². The molecule has 0 heterocycles. The third-order valence-electron chi connectivity index (χ3n) is 1.25. The molecular weight excluding hydrogens is 249 g/mol. The molecular formula is C7H5Cl2NO3S. The normalized spacial score (nSPS) is 17.6. The van der Waals surface area contributed by atoms with Gasteiger partial charge in [0.25, 0.3) is 10.0 Å². The number of hydrogen-bond donors (Lipinski definition) is 0. The van der Waals surface area contributed by atoms with Gasteiger partial charge in [0.15, 0.2) is 0 Å². The highest BCUT2D eigenvalue weighted by molar-refractivity contribution is 7.89. The van der Waals surface area contributed by atoms with Crippen molar-refractivity contribution >= 4 is 44.7 Å². The van der Waals surface area contributed by atoms with Gasteiger partial charge < -0.3 is 0 Å². The first-order valence-electron chi connectivity index (χ1n) is 3.38. The molecule has 0 saturated carbocycles. The molecule has 0 aromatic carbocycles. The van der Waals surface area contributed by atoms with Gasteiger partial charge >= 0.3 is 0 Å². The first-order chi connectivity index (χ1) is 6.29. The van der Waals surface area contributed by atoms with Crippen LogP contribution in [0.4, 0.5) is 0 Å². The van der Waals surface area contributed by atoms with Crippen molar-refractivity contribution in [3.8, 4) is 0 Å². The smallest absolute Gasteiger partial charge is 0.250 e. The average molecular weight is 254 g/mol.